The Balaban J connectivity index is 1.49. The summed E-state index contributed by atoms with van der Waals surface area (Å²) in [5.74, 6) is -0.00938. The van der Waals surface area contributed by atoms with Gasteiger partial charge in [0, 0.05) is 16.0 Å². The zero-order chi connectivity index (χ0) is 21.1. The van der Waals surface area contributed by atoms with E-state index in [0.717, 1.165) is 22.0 Å². The van der Waals surface area contributed by atoms with Crippen LogP contribution >= 0.6 is 35.2 Å². The van der Waals surface area contributed by atoms with Crippen LogP contribution in [0, 0.1) is 0 Å². The summed E-state index contributed by atoms with van der Waals surface area (Å²) < 4.78 is 5.22. The van der Waals surface area contributed by atoms with E-state index in [9.17, 15) is 4.79 Å². The maximum Gasteiger partial charge on any atom is 0.261 e. The van der Waals surface area contributed by atoms with Crippen LogP contribution < -0.4 is 15.4 Å². The van der Waals surface area contributed by atoms with Gasteiger partial charge in [0.1, 0.15) is 5.75 Å². The molecule has 1 aromatic heterocycles. The first-order chi connectivity index (χ1) is 14.5. The molecule has 0 saturated heterocycles. The molecule has 0 aliphatic heterocycles. The number of nitrogens with zero attached hydrogens (tertiary/aromatic N) is 1. The molecule has 2 N–H and O–H groups in total. The van der Waals surface area contributed by atoms with Gasteiger partial charge in [-0.15, -0.1) is 11.3 Å². The molecule has 0 spiro atoms. The molecular formula is C22H16ClN3O2S2. The number of thiocarbonyl (C=S) groups is 1. The second-order valence-electron chi connectivity index (χ2n) is 6.32. The Morgan fingerprint density at radius 2 is 1.93 bits per heavy atom. The van der Waals surface area contributed by atoms with Gasteiger partial charge < -0.3 is 10.1 Å². The van der Waals surface area contributed by atoms with Crippen molar-refractivity contribution in [1.82, 2.24) is 10.3 Å². The van der Waals surface area contributed by atoms with Crippen molar-refractivity contribution in [2.75, 3.05) is 12.4 Å². The van der Waals surface area contributed by atoms with Gasteiger partial charge >= 0.3 is 0 Å². The average Bonchev–Trinajstić information content (AvgIpc) is 3.21. The molecule has 30 heavy (non-hydrogen) atoms. The highest BCUT2D eigenvalue weighted by atomic mass is 35.5. The van der Waals surface area contributed by atoms with Crippen molar-refractivity contribution < 1.29 is 9.53 Å². The molecule has 4 aromatic rings. The summed E-state index contributed by atoms with van der Waals surface area (Å²) in [6.45, 7) is 0. The molecule has 0 aliphatic carbocycles. The van der Waals surface area contributed by atoms with Gasteiger partial charge in [0.25, 0.3) is 5.91 Å². The van der Waals surface area contributed by atoms with Crippen LogP contribution in [0.1, 0.15) is 10.4 Å². The lowest BCUT2D eigenvalue weighted by Gasteiger charge is -2.10. The minimum atomic E-state index is -0.419. The lowest BCUT2D eigenvalue weighted by Crippen LogP contribution is -2.34. The van der Waals surface area contributed by atoms with E-state index in [-0.39, 0.29) is 5.11 Å². The fraction of sp³-hybridized carbons (Fsp3) is 0.0455. The number of nitrogens with one attached hydrogen (secondary N) is 2. The van der Waals surface area contributed by atoms with E-state index in [1.54, 1.807) is 12.1 Å². The maximum atomic E-state index is 12.6. The van der Waals surface area contributed by atoms with Gasteiger partial charge in [-0.3, -0.25) is 10.1 Å². The maximum absolute atomic E-state index is 12.6. The predicted octanol–water partition coefficient (Wildman–Crippen LogP) is 5.75. The van der Waals surface area contributed by atoms with E-state index in [2.05, 4.69) is 33.8 Å². The Morgan fingerprint density at radius 1 is 1.13 bits per heavy atom. The molecule has 8 heteroatoms. The number of carbonyl (C=O) groups excluding carboxylic acids is 1. The zero-order valence-electron chi connectivity index (χ0n) is 15.8. The number of hydrogen-bond acceptors (Lipinski definition) is 5. The van der Waals surface area contributed by atoms with E-state index in [4.69, 9.17) is 28.6 Å². The van der Waals surface area contributed by atoms with Crippen molar-refractivity contribution in [2.45, 2.75) is 0 Å². The lowest BCUT2D eigenvalue weighted by molar-refractivity contribution is 0.0975. The summed E-state index contributed by atoms with van der Waals surface area (Å²) >= 11 is 12.7. The number of halogens is 1. The largest absolute Gasteiger partial charge is 0.496 e. The Bertz CT molecular complexity index is 1250. The highest BCUT2D eigenvalue weighted by Gasteiger charge is 2.15. The quantitative estimate of drug-likeness (QED) is 0.385. The number of thiazole rings is 1. The highest BCUT2D eigenvalue weighted by molar-refractivity contribution is 7.80. The van der Waals surface area contributed by atoms with Crippen LogP contribution in [0.2, 0.25) is 5.02 Å². The number of rotatable bonds is 4. The molecule has 150 valence electrons. The summed E-state index contributed by atoms with van der Waals surface area (Å²) in [6.07, 6.45) is 0. The minimum Gasteiger partial charge on any atom is -0.496 e. The van der Waals surface area contributed by atoms with Gasteiger partial charge in [-0.25, -0.2) is 4.98 Å². The number of anilines is 1. The fourth-order valence-electron chi connectivity index (χ4n) is 3.06. The van der Waals surface area contributed by atoms with Gasteiger partial charge in [-0.2, -0.15) is 0 Å². The van der Waals surface area contributed by atoms with Crippen LogP contribution in [0.3, 0.4) is 0 Å². The Kier molecular flexibility index (Phi) is 5.94. The molecule has 1 amide bonds. The smallest absolute Gasteiger partial charge is 0.261 e. The van der Waals surface area contributed by atoms with Gasteiger partial charge in [0.15, 0.2) is 10.2 Å². The van der Waals surface area contributed by atoms with Crippen molar-refractivity contribution in [1.29, 1.82) is 0 Å². The predicted molar refractivity (Wildman–Crippen MR) is 127 cm³/mol. The van der Waals surface area contributed by atoms with Gasteiger partial charge in [0.2, 0.25) is 0 Å². The molecule has 3 aromatic carbocycles. The molecular weight excluding hydrogens is 438 g/mol. The number of ether oxygens (including phenoxy) is 1. The van der Waals surface area contributed by atoms with E-state index in [1.807, 2.05) is 29.6 Å². The third-order valence-electron chi connectivity index (χ3n) is 4.42. The first-order valence-corrected chi connectivity index (χ1v) is 10.6. The van der Waals surface area contributed by atoms with E-state index in [1.165, 1.54) is 24.5 Å². The molecule has 4 rings (SSSR count). The second kappa shape index (κ2) is 8.79. The van der Waals surface area contributed by atoms with Crippen LogP contribution in [-0.2, 0) is 0 Å². The molecule has 0 saturated carbocycles. The van der Waals surface area contributed by atoms with Crippen LogP contribution in [-0.4, -0.2) is 23.1 Å². The fourth-order valence-corrected chi connectivity index (χ4v) is 4.20. The van der Waals surface area contributed by atoms with Gasteiger partial charge in [-0.05, 0) is 41.2 Å². The standard InChI is InChI=1S/C22H16ClN3O2S2/c1-28-19-10-9-14(23)11-17(19)20(27)25-21(29)26-22-24-18(12-30-22)16-8-4-6-13-5-2-3-7-15(13)16/h2-12H,1H3,(H2,24,25,26,27,29). The summed E-state index contributed by atoms with van der Waals surface area (Å²) in [7, 11) is 1.49. The third kappa shape index (κ3) is 4.28. The van der Waals surface area contributed by atoms with Crippen LogP contribution in [0.4, 0.5) is 5.13 Å². The first-order valence-electron chi connectivity index (χ1n) is 8.94. The Morgan fingerprint density at radius 3 is 2.77 bits per heavy atom. The van der Waals surface area contributed by atoms with Gasteiger partial charge in [0.05, 0.1) is 18.4 Å². The number of amides is 1. The molecule has 0 unspecified atom stereocenters. The van der Waals surface area contributed by atoms with Crippen molar-refractivity contribution in [3.8, 4) is 17.0 Å². The molecule has 0 bridgehead atoms. The normalized spacial score (nSPS) is 10.6. The van der Waals surface area contributed by atoms with Crippen molar-refractivity contribution in [2.24, 2.45) is 0 Å². The molecule has 0 fully saturated rings. The average molecular weight is 454 g/mol. The van der Waals surface area contributed by atoms with Crippen LogP contribution in [0.5, 0.6) is 5.75 Å². The number of aromatic nitrogens is 1. The van der Waals surface area contributed by atoms with Crippen molar-refractivity contribution >= 4 is 62.1 Å². The summed E-state index contributed by atoms with van der Waals surface area (Å²) in [5, 5.41) is 11.0. The van der Waals surface area contributed by atoms with E-state index in [0.29, 0.717) is 21.5 Å². The van der Waals surface area contributed by atoms with Crippen LogP contribution in [0.25, 0.3) is 22.0 Å². The third-order valence-corrected chi connectivity index (χ3v) is 5.62. The number of fused-ring (bicyclic) bond motifs is 1. The number of hydrogen-bond donors (Lipinski definition) is 2. The Labute approximate surface area is 187 Å². The summed E-state index contributed by atoms with van der Waals surface area (Å²) in [5.41, 5.74) is 2.17. The number of carbonyl (C=O) groups is 1. The molecule has 1 heterocycles. The number of benzene rings is 3. The zero-order valence-corrected chi connectivity index (χ0v) is 18.2. The van der Waals surface area contributed by atoms with E-state index >= 15 is 0 Å². The van der Waals surface area contributed by atoms with Crippen LogP contribution in [0.15, 0.2) is 66.0 Å². The number of methoxy groups -OCH3 is 1. The van der Waals surface area contributed by atoms with Crippen molar-refractivity contribution in [3.05, 3.63) is 76.6 Å². The topological polar surface area (TPSA) is 63.2 Å². The van der Waals surface area contributed by atoms with Crippen molar-refractivity contribution in [3.63, 3.8) is 0 Å². The van der Waals surface area contributed by atoms with E-state index < -0.39 is 5.91 Å². The SMILES string of the molecule is COc1ccc(Cl)cc1C(=O)NC(=S)Nc1nc(-c2cccc3ccccc23)cs1. The second-order valence-corrected chi connectivity index (χ2v) is 8.02. The lowest BCUT2D eigenvalue weighted by atomic mass is 10.0. The molecule has 5 nitrogen and oxygen atoms in total. The first kappa shape index (κ1) is 20.3. The minimum absolute atomic E-state index is 0.140. The molecule has 0 radical (unpaired) electrons. The van der Waals surface area contributed by atoms with Gasteiger partial charge in [-0.1, -0.05) is 54.1 Å². The summed E-state index contributed by atoms with van der Waals surface area (Å²) in [4.78, 5) is 17.2. The molecule has 0 aliphatic rings. The summed E-state index contributed by atoms with van der Waals surface area (Å²) in [6, 6.07) is 19.1. The molecule has 0 atom stereocenters. The highest BCUT2D eigenvalue weighted by Crippen LogP contribution is 2.31. The monoisotopic (exact) mass is 453 g/mol. The Hall–Kier alpha value is -3.00.